The van der Waals surface area contributed by atoms with Gasteiger partial charge in [0.25, 0.3) is 0 Å². The van der Waals surface area contributed by atoms with E-state index < -0.39 is 18.3 Å². The van der Waals surface area contributed by atoms with E-state index >= 15 is 0 Å². The van der Waals surface area contributed by atoms with E-state index in [1.165, 1.54) is 12.1 Å². The number of alkyl halides is 3. The summed E-state index contributed by atoms with van der Waals surface area (Å²) in [6, 6.07) is 3.04. The van der Waals surface area contributed by atoms with E-state index in [4.69, 9.17) is 5.73 Å². The molecule has 0 aliphatic heterocycles. The smallest absolute Gasteiger partial charge is 0.405 e. The second-order valence-electron chi connectivity index (χ2n) is 3.70. The average Bonchev–Trinajstić information content (AvgIpc) is 2.30. The molecule has 0 aliphatic carbocycles. The molecule has 0 saturated heterocycles. The van der Waals surface area contributed by atoms with E-state index in [0.717, 1.165) is 6.07 Å². The Labute approximate surface area is 116 Å². The van der Waals surface area contributed by atoms with Crippen LogP contribution in [-0.4, -0.2) is 18.3 Å². The van der Waals surface area contributed by atoms with Crippen LogP contribution in [0.25, 0.3) is 0 Å². The van der Waals surface area contributed by atoms with E-state index in [2.05, 4.69) is 26.0 Å². The maximum atomic E-state index is 12.1. The number of amides is 1. The Kier molecular flexibility index (Phi) is 5.19. The highest BCUT2D eigenvalue weighted by molar-refractivity contribution is 9.10. The van der Waals surface area contributed by atoms with E-state index in [0.29, 0.717) is 12.1 Å². The molecule has 0 aromatic heterocycles. The Morgan fingerprint density at radius 3 is 2.63 bits per heavy atom. The summed E-state index contributed by atoms with van der Waals surface area (Å²) in [7, 11) is 0. The Morgan fingerprint density at radius 1 is 1.53 bits per heavy atom. The van der Waals surface area contributed by atoms with Gasteiger partial charge in [-0.25, -0.2) is 0 Å². The van der Waals surface area contributed by atoms with Gasteiger partial charge in [-0.2, -0.15) is 0 Å². The largest absolute Gasteiger partial charge is 0.573 e. The summed E-state index contributed by atoms with van der Waals surface area (Å²) in [4.78, 5) is 11.5. The number of carbonyl (C=O) groups is 1. The molecule has 0 saturated carbocycles. The molecule has 0 fully saturated rings. The molecule has 1 atom stereocenters. The highest BCUT2D eigenvalue weighted by Gasteiger charge is 2.32. The predicted molar refractivity (Wildman–Crippen MR) is 67.7 cm³/mol. The number of hydrogen-bond acceptors (Lipinski definition) is 3. The van der Waals surface area contributed by atoms with Crippen molar-refractivity contribution >= 4 is 27.5 Å². The molecule has 0 spiro atoms. The van der Waals surface area contributed by atoms with Crippen molar-refractivity contribution in [3.8, 4) is 5.75 Å². The summed E-state index contributed by atoms with van der Waals surface area (Å²) in [5.74, 6) is -0.788. The molecule has 106 valence electrons. The number of nitrogens with two attached hydrogens (primary N) is 1. The highest BCUT2D eigenvalue weighted by Crippen LogP contribution is 2.32. The van der Waals surface area contributed by atoms with Crippen LogP contribution in [0.1, 0.15) is 13.3 Å². The van der Waals surface area contributed by atoms with E-state index in [-0.39, 0.29) is 10.2 Å². The van der Waals surface area contributed by atoms with Gasteiger partial charge in [-0.1, -0.05) is 6.92 Å². The minimum atomic E-state index is -4.77. The lowest BCUT2D eigenvalue weighted by molar-refractivity contribution is -0.274. The van der Waals surface area contributed by atoms with E-state index in [9.17, 15) is 18.0 Å². The van der Waals surface area contributed by atoms with Gasteiger partial charge in [-0.3, -0.25) is 4.79 Å². The summed E-state index contributed by atoms with van der Waals surface area (Å²) in [6.07, 6.45) is -4.31. The second kappa shape index (κ2) is 6.25. The van der Waals surface area contributed by atoms with Crippen LogP contribution in [0, 0.1) is 0 Å². The summed E-state index contributed by atoms with van der Waals surface area (Å²) < 4.78 is 40.0. The Bertz CT molecular complexity index is 466. The predicted octanol–water partition coefficient (Wildman–Crippen LogP) is 3.02. The number of halogens is 4. The second-order valence-corrected chi connectivity index (χ2v) is 4.55. The summed E-state index contributed by atoms with van der Waals surface area (Å²) in [5, 5.41) is 2.49. The molecule has 1 aromatic rings. The van der Waals surface area contributed by atoms with Gasteiger partial charge in [0.15, 0.2) is 0 Å². The number of hydrogen-bond donors (Lipinski definition) is 2. The van der Waals surface area contributed by atoms with Crippen molar-refractivity contribution in [1.29, 1.82) is 0 Å². The van der Waals surface area contributed by atoms with Gasteiger partial charge < -0.3 is 15.8 Å². The fraction of sp³-hybridized carbons (Fsp3) is 0.364. The SMILES string of the molecule is CC[C@@H](N)C(=O)Nc1ccc(OC(F)(F)F)c(Br)c1. The number of carbonyl (C=O) groups excluding carboxylic acids is 1. The maximum Gasteiger partial charge on any atom is 0.573 e. The molecule has 0 aliphatic rings. The lowest BCUT2D eigenvalue weighted by atomic mass is 10.2. The van der Waals surface area contributed by atoms with Crippen LogP contribution >= 0.6 is 15.9 Å². The van der Waals surface area contributed by atoms with Gasteiger partial charge in [-0.05, 0) is 40.5 Å². The van der Waals surface area contributed by atoms with Gasteiger partial charge in [0.2, 0.25) is 5.91 Å². The van der Waals surface area contributed by atoms with Crippen LogP contribution in [0.5, 0.6) is 5.75 Å². The first kappa shape index (κ1) is 15.8. The van der Waals surface area contributed by atoms with Crippen molar-refractivity contribution in [1.82, 2.24) is 0 Å². The van der Waals surface area contributed by atoms with E-state index in [1.54, 1.807) is 6.92 Å². The molecule has 8 heteroatoms. The summed E-state index contributed by atoms with van der Waals surface area (Å²) in [5.41, 5.74) is 5.85. The van der Waals surface area contributed by atoms with Crippen molar-refractivity contribution in [2.45, 2.75) is 25.7 Å². The maximum absolute atomic E-state index is 12.1. The number of ether oxygens (including phenoxy) is 1. The third kappa shape index (κ3) is 5.07. The first-order valence-corrected chi connectivity index (χ1v) is 6.14. The van der Waals surface area contributed by atoms with Crippen LogP contribution in [0.2, 0.25) is 0 Å². The molecule has 0 heterocycles. The quantitative estimate of drug-likeness (QED) is 0.885. The molecule has 0 unspecified atom stereocenters. The molecular formula is C11H12BrF3N2O2. The molecule has 4 nitrogen and oxygen atoms in total. The zero-order chi connectivity index (χ0) is 14.6. The van der Waals surface area contributed by atoms with Crippen LogP contribution in [0.3, 0.4) is 0 Å². The van der Waals surface area contributed by atoms with Crippen molar-refractivity contribution < 1.29 is 22.7 Å². The fourth-order valence-electron chi connectivity index (χ4n) is 1.21. The van der Waals surface area contributed by atoms with Crippen molar-refractivity contribution in [2.75, 3.05) is 5.32 Å². The topological polar surface area (TPSA) is 64.4 Å². The molecule has 0 radical (unpaired) electrons. The number of benzene rings is 1. The zero-order valence-corrected chi connectivity index (χ0v) is 11.5. The molecule has 19 heavy (non-hydrogen) atoms. The van der Waals surface area contributed by atoms with E-state index in [1.807, 2.05) is 0 Å². The molecule has 1 amide bonds. The third-order valence-corrected chi connectivity index (χ3v) is 2.82. The van der Waals surface area contributed by atoms with Crippen molar-refractivity contribution in [3.63, 3.8) is 0 Å². The number of anilines is 1. The lowest BCUT2D eigenvalue weighted by Crippen LogP contribution is -2.34. The van der Waals surface area contributed by atoms with Crippen LogP contribution < -0.4 is 15.8 Å². The van der Waals surface area contributed by atoms with Gasteiger partial charge in [0.05, 0.1) is 10.5 Å². The normalized spacial score (nSPS) is 12.9. The molecule has 1 aromatic carbocycles. The lowest BCUT2D eigenvalue weighted by Gasteiger charge is -2.13. The standard InChI is InChI=1S/C11H12BrF3N2O2/c1-2-8(16)10(18)17-6-3-4-9(7(12)5-6)19-11(13,14)15/h3-5,8H,2,16H2,1H3,(H,17,18)/t8-/m1/s1. The summed E-state index contributed by atoms with van der Waals surface area (Å²) >= 11 is 2.94. The molecule has 0 bridgehead atoms. The minimum Gasteiger partial charge on any atom is -0.405 e. The van der Waals surface area contributed by atoms with Crippen LogP contribution in [0.15, 0.2) is 22.7 Å². The molecule has 1 rings (SSSR count). The number of nitrogens with one attached hydrogen (secondary N) is 1. The highest BCUT2D eigenvalue weighted by atomic mass is 79.9. The Balaban J connectivity index is 2.80. The molecular weight excluding hydrogens is 329 g/mol. The number of rotatable bonds is 4. The van der Waals surface area contributed by atoms with Crippen LogP contribution in [0.4, 0.5) is 18.9 Å². The van der Waals surface area contributed by atoms with Crippen molar-refractivity contribution in [2.24, 2.45) is 5.73 Å². The van der Waals surface area contributed by atoms with Crippen molar-refractivity contribution in [3.05, 3.63) is 22.7 Å². The first-order chi connectivity index (χ1) is 8.73. The fourth-order valence-corrected chi connectivity index (χ4v) is 1.67. The Morgan fingerprint density at radius 2 is 2.16 bits per heavy atom. The summed E-state index contributed by atoms with van der Waals surface area (Å²) in [6.45, 7) is 1.75. The zero-order valence-electron chi connectivity index (χ0n) is 9.92. The third-order valence-electron chi connectivity index (χ3n) is 2.20. The molecule has 3 N–H and O–H groups in total. The average molecular weight is 341 g/mol. The van der Waals surface area contributed by atoms with Gasteiger partial charge in [-0.15, -0.1) is 13.2 Å². The Hall–Kier alpha value is -1.28. The monoisotopic (exact) mass is 340 g/mol. The van der Waals surface area contributed by atoms with Gasteiger partial charge in [0, 0.05) is 5.69 Å². The van der Waals surface area contributed by atoms with Crippen LogP contribution in [-0.2, 0) is 4.79 Å². The van der Waals surface area contributed by atoms with Gasteiger partial charge >= 0.3 is 6.36 Å². The minimum absolute atomic E-state index is 0.0766. The first-order valence-electron chi connectivity index (χ1n) is 5.34. The van der Waals surface area contributed by atoms with Gasteiger partial charge in [0.1, 0.15) is 5.75 Å².